The van der Waals surface area contributed by atoms with Crippen molar-refractivity contribution in [2.45, 2.75) is 26.3 Å². The van der Waals surface area contributed by atoms with E-state index in [9.17, 15) is 5.11 Å². The predicted octanol–water partition coefficient (Wildman–Crippen LogP) is 3.43. The lowest BCUT2D eigenvalue weighted by atomic mass is 9.88. The number of ether oxygens (including phenoxy) is 3. The molecular formula is C20H25NO4. The molecule has 0 aromatic heterocycles. The first-order chi connectivity index (χ1) is 12.2. The van der Waals surface area contributed by atoms with Crippen LogP contribution in [0.2, 0.25) is 0 Å². The Morgan fingerprint density at radius 1 is 1.08 bits per heavy atom. The summed E-state index contributed by atoms with van der Waals surface area (Å²) in [6.07, 6.45) is 0.897. The fraction of sp³-hybridized carbons (Fsp3) is 0.400. The molecule has 5 heteroatoms. The van der Waals surface area contributed by atoms with Crippen LogP contribution in [-0.2, 0) is 6.42 Å². The van der Waals surface area contributed by atoms with Crippen LogP contribution in [-0.4, -0.2) is 32.0 Å². The molecule has 0 saturated heterocycles. The minimum absolute atomic E-state index is 0.158. The zero-order chi connectivity index (χ0) is 17.8. The topological polar surface area (TPSA) is 60.0 Å². The summed E-state index contributed by atoms with van der Waals surface area (Å²) in [5.41, 5.74) is 3.02. The Hall–Kier alpha value is -2.40. The van der Waals surface area contributed by atoms with Gasteiger partial charge in [-0.05, 0) is 55.7 Å². The number of fused-ring (bicyclic) bond motifs is 1. The molecule has 2 aromatic carbocycles. The van der Waals surface area contributed by atoms with Gasteiger partial charge in [0, 0.05) is 6.54 Å². The molecule has 0 amide bonds. The van der Waals surface area contributed by atoms with Crippen molar-refractivity contribution in [2.24, 2.45) is 0 Å². The summed E-state index contributed by atoms with van der Waals surface area (Å²) < 4.78 is 17.0. The Morgan fingerprint density at radius 2 is 1.80 bits per heavy atom. The standard InChI is InChI=1S/C20H25NO4/c1-4-24-17-11-13-9-10-21-20(14(13)12-18(17)25-5-2)19-15(22)7-6-8-16(19)23-3/h6-8,11-12,20-22H,4-5,9-10H2,1-3H3/t20-/m0/s1. The van der Waals surface area contributed by atoms with Gasteiger partial charge in [0.25, 0.3) is 0 Å². The average molecular weight is 343 g/mol. The zero-order valence-electron chi connectivity index (χ0n) is 15.0. The van der Waals surface area contributed by atoms with Crippen molar-refractivity contribution >= 4 is 0 Å². The van der Waals surface area contributed by atoms with E-state index in [4.69, 9.17) is 14.2 Å². The Kier molecular flexibility index (Phi) is 5.34. The largest absolute Gasteiger partial charge is 0.507 e. The van der Waals surface area contributed by atoms with Gasteiger partial charge >= 0.3 is 0 Å². The van der Waals surface area contributed by atoms with Crippen molar-refractivity contribution in [3.05, 3.63) is 47.0 Å². The third kappa shape index (κ3) is 3.37. The Labute approximate surface area is 148 Å². The molecule has 0 spiro atoms. The second-order valence-corrected chi connectivity index (χ2v) is 5.89. The van der Waals surface area contributed by atoms with Gasteiger partial charge in [-0.15, -0.1) is 0 Å². The SMILES string of the molecule is CCOc1cc2c(cc1OCC)[C@@H](c1c(O)cccc1OC)NCC2. The maximum Gasteiger partial charge on any atom is 0.161 e. The first-order valence-corrected chi connectivity index (χ1v) is 8.71. The van der Waals surface area contributed by atoms with Crippen molar-refractivity contribution in [3.8, 4) is 23.0 Å². The second-order valence-electron chi connectivity index (χ2n) is 5.89. The maximum absolute atomic E-state index is 10.4. The highest BCUT2D eigenvalue weighted by Gasteiger charge is 2.28. The van der Waals surface area contributed by atoms with E-state index < -0.39 is 0 Å². The van der Waals surface area contributed by atoms with Crippen LogP contribution >= 0.6 is 0 Å². The first kappa shape index (κ1) is 17.4. The summed E-state index contributed by atoms with van der Waals surface area (Å²) in [6, 6.07) is 9.26. The maximum atomic E-state index is 10.4. The van der Waals surface area contributed by atoms with E-state index in [0.29, 0.717) is 19.0 Å². The van der Waals surface area contributed by atoms with E-state index in [1.165, 1.54) is 5.56 Å². The van der Waals surface area contributed by atoms with Gasteiger partial charge < -0.3 is 24.6 Å². The zero-order valence-corrected chi connectivity index (χ0v) is 15.0. The molecule has 0 radical (unpaired) electrons. The van der Waals surface area contributed by atoms with Crippen LogP contribution in [0.1, 0.15) is 36.6 Å². The fourth-order valence-corrected chi connectivity index (χ4v) is 3.36. The number of hydrogen-bond acceptors (Lipinski definition) is 5. The van der Waals surface area contributed by atoms with Gasteiger partial charge in [-0.1, -0.05) is 6.07 Å². The van der Waals surface area contributed by atoms with Crippen molar-refractivity contribution in [3.63, 3.8) is 0 Å². The van der Waals surface area contributed by atoms with Gasteiger partial charge in [0.2, 0.25) is 0 Å². The van der Waals surface area contributed by atoms with Crippen LogP contribution in [0.5, 0.6) is 23.0 Å². The molecule has 2 N–H and O–H groups in total. The van der Waals surface area contributed by atoms with Crippen molar-refractivity contribution in [1.82, 2.24) is 5.32 Å². The summed E-state index contributed by atoms with van der Waals surface area (Å²) in [5, 5.41) is 13.9. The number of benzene rings is 2. The van der Waals surface area contributed by atoms with E-state index in [1.807, 2.05) is 26.0 Å². The third-order valence-corrected chi connectivity index (χ3v) is 4.41. The Morgan fingerprint density at radius 3 is 2.48 bits per heavy atom. The van der Waals surface area contributed by atoms with Crippen molar-refractivity contribution < 1.29 is 19.3 Å². The summed E-state index contributed by atoms with van der Waals surface area (Å²) in [5.74, 6) is 2.38. The van der Waals surface area contributed by atoms with Crippen LogP contribution < -0.4 is 19.5 Å². The van der Waals surface area contributed by atoms with Crippen LogP contribution in [0.3, 0.4) is 0 Å². The minimum Gasteiger partial charge on any atom is -0.507 e. The van der Waals surface area contributed by atoms with E-state index in [1.54, 1.807) is 19.2 Å². The quantitative estimate of drug-likeness (QED) is 0.841. The molecule has 1 aliphatic rings. The molecule has 1 atom stereocenters. The lowest BCUT2D eigenvalue weighted by Gasteiger charge is -2.30. The number of phenols is 1. The number of hydrogen-bond donors (Lipinski definition) is 2. The molecule has 0 unspecified atom stereocenters. The van der Waals surface area contributed by atoms with Gasteiger partial charge in [0.05, 0.1) is 31.9 Å². The minimum atomic E-state index is -0.158. The lowest BCUT2D eigenvalue weighted by molar-refractivity contribution is 0.286. The Balaban J connectivity index is 2.12. The molecule has 0 bridgehead atoms. The van der Waals surface area contributed by atoms with Gasteiger partial charge in [0.15, 0.2) is 11.5 Å². The van der Waals surface area contributed by atoms with Crippen molar-refractivity contribution in [2.75, 3.05) is 26.9 Å². The van der Waals surface area contributed by atoms with Crippen LogP contribution in [0.4, 0.5) is 0 Å². The molecule has 1 heterocycles. The molecule has 0 aliphatic carbocycles. The van der Waals surface area contributed by atoms with E-state index in [2.05, 4.69) is 11.4 Å². The summed E-state index contributed by atoms with van der Waals surface area (Å²) in [4.78, 5) is 0. The molecule has 5 nitrogen and oxygen atoms in total. The summed E-state index contributed by atoms with van der Waals surface area (Å²) in [6.45, 7) is 5.89. The average Bonchev–Trinajstić information content (AvgIpc) is 2.62. The molecule has 1 aliphatic heterocycles. The number of phenolic OH excluding ortho intramolecular Hbond substituents is 1. The van der Waals surface area contributed by atoms with Crippen LogP contribution in [0.15, 0.2) is 30.3 Å². The van der Waals surface area contributed by atoms with Gasteiger partial charge in [-0.3, -0.25) is 0 Å². The van der Waals surface area contributed by atoms with Crippen LogP contribution in [0, 0.1) is 0 Å². The summed E-state index contributed by atoms with van der Waals surface area (Å²) >= 11 is 0. The lowest BCUT2D eigenvalue weighted by Crippen LogP contribution is -2.31. The number of methoxy groups -OCH3 is 1. The molecular weight excluding hydrogens is 318 g/mol. The fourth-order valence-electron chi connectivity index (χ4n) is 3.36. The predicted molar refractivity (Wildman–Crippen MR) is 97.0 cm³/mol. The van der Waals surface area contributed by atoms with Crippen molar-refractivity contribution in [1.29, 1.82) is 0 Å². The van der Waals surface area contributed by atoms with Gasteiger partial charge in [0.1, 0.15) is 11.5 Å². The number of rotatable bonds is 6. The Bertz CT molecular complexity index is 745. The second kappa shape index (κ2) is 7.66. The smallest absolute Gasteiger partial charge is 0.161 e. The van der Waals surface area contributed by atoms with E-state index in [-0.39, 0.29) is 11.8 Å². The molecule has 134 valence electrons. The number of aromatic hydroxyl groups is 1. The normalized spacial score (nSPS) is 16.2. The highest BCUT2D eigenvalue weighted by Crippen LogP contribution is 2.42. The first-order valence-electron chi connectivity index (χ1n) is 8.71. The molecule has 2 aromatic rings. The number of nitrogens with one attached hydrogen (secondary N) is 1. The van der Waals surface area contributed by atoms with Gasteiger partial charge in [-0.25, -0.2) is 0 Å². The third-order valence-electron chi connectivity index (χ3n) is 4.41. The molecule has 25 heavy (non-hydrogen) atoms. The van der Waals surface area contributed by atoms with Gasteiger partial charge in [-0.2, -0.15) is 0 Å². The highest BCUT2D eigenvalue weighted by molar-refractivity contribution is 5.56. The molecule has 3 rings (SSSR count). The van der Waals surface area contributed by atoms with E-state index >= 15 is 0 Å². The molecule has 0 saturated carbocycles. The van der Waals surface area contributed by atoms with Crippen LogP contribution in [0.25, 0.3) is 0 Å². The highest BCUT2D eigenvalue weighted by atomic mass is 16.5. The summed E-state index contributed by atoms with van der Waals surface area (Å²) in [7, 11) is 1.62. The monoisotopic (exact) mass is 343 g/mol. The molecule has 0 fully saturated rings. The van der Waals surface area contributed by atoms with E-state index in [0.717, 1.165) is 35.6 Å².